The average molecular weight is 410 g/mol. The first-order valence-corrected chi connectivity index (χ1v) is 11.0. The molecule has 0 aromatic heterocycles. The van der Waals surface area contributed by atoms with E-state index in [4.69, 9.17) is 5.14 Å². The van der Waals surface area contributed by atoms with Gasteiger partial charge in [0, 0.05) is 11.1 Å². The summed E-state index contributed by atoms with van der Waals surface area (Å²) in [6.45, 7) is 3.68. The van der Waals surface area contributed by atoms with Crippen LogP contribution in [0.1, 0.15) is 11.1 Å². The van der Waals surface area contributed by atoms with Gasteiger partial charge in [0.05, 0.1) is 9.79 Å². The van der Waals surface area contributed by atoms with E-state index in [0.29, 0.717) is 26.5 Å². The lowest BCUT2D eigenvalue weighted by atomic mass is 9.91. The van der Waals surface area contributed by atoms with Crippen LogP contribution in [0.2, 0.25) is 0 Å². The van der Waals surface area contributed by atoms with Crippen molar-refractivity contribution < 1.29 is 13.0 Å². The summed E-state index contributed by atoms with van der Waals surface area (Å²) in [6.07, 6.45) is 0. The van der Waals surface area contributed by atoms with Crippen LogP contribution in [0, 0.1) is 13.8 Å². The first-order valence-electron chi connectivity index (χ1n) is 8.72. The van der Waals surface area contributed by atoms with Gasteiger partial charge in [0.15, 0.2) is 11.1 Å². The van der Waals surface area contributed by atoms with E-state index in [1.807, 2.05) is 74.5 Å². The zero-order valence-corrected chi connectivity index (χ0v) is 17.1. The normalized spacial score (nSPS) is 13.7. The topological polar surface area (TPSA) is 80.4 Å². The lowest BCUT2D eigenvalue weighted by molar-refractivity contribution is 0.564. The van der Waals surface area contributed by atoms with Gasteiger partial charge in [0.25, 0.3) is 0 Å². The summed E-state index contributed by atoms with van der Waals surface area (Å²) in [7, 11) is -1.76. The summed E-state index contributed by atoms with van der Waals surface area (Å²) in [5.74, 6) is 0. The van der Waals surface area contributed by atoms with Gasteiger partial charge in [-0.15, -0.1) is 0 Å². The van der Waals surface area contributed by atoms with E-state index in [0.717, 1.165) is 27.1 Å². The van der Waals surface area contributed by atoms with E-state index in [-0.39, 0.29) is 0 Å². The van der Waals surface area contributed by atoms with Gasteiger partial charge in [-0.05, 0) is 46.5 Å². The fourth-order valence-electron chi connectivity index (χ4n) is 3.92. The molecule has 2 atom stereocenters. The first kappa shape index (κ1) is 19.0. The Morgan fingerprint density at radius 2 is 1.18 bits per heavy atom. The van der Waals surface area contributed by atoms with Crippen molar-refractivity contribution in [3.63, 3.8) is 0 Å². The fraction of sp³-hybridized carbons (Fsp3) is 0.0909. The van der Waals surface area contributed by atoms with Crippen LogP contribution in [-0.2, 0) is 22.1 Å². The second kappa shape index (κ2) is 7.22. The molecular weight excluding hydrogens is 390 g/mol. The monoisotopic (exact) mass is 409 g/mol. The van der Waals surface area contributed by atoms with E-state index < -0.39 is 22.1 Å². The largest absolute Gasteiger partial charge is 0.302 e. The minimum atomic E-state index is -2.22. The zero-order valence-electron chi connectivity index (χ0n) is 15.4. The lowest BCUT2D eigenvalue weighted by Gasteiger charge is -2.20. The van der Waals surface area contributed by atoms with Gasteiger partial charge in [-0.3, -0.25) is 0 Å². The van der Waals surface area contributed by atoms with Crippen LogP contribution in [-0.4, -0.2) is 13.0 Å². The van der Waals surface area contributed by atoms with Crippen molar-refractivity contribution in [1.82, 2.24) is 0 Å². The molecule has 0 amide bonds. The molecule has 28 heavy (non-hydrogen) atoms. The fourth-order valence-corrected chi connectivity index (χ4v) is 5.43. The maximum atomic E-state index is 12.6. The number of aryl methyl sites for hydroxylation is 2. The summed E-state index contributed by atoms with van der Waals surface area (Å²) in [5.41, 5.74) is 2.77. The second-order valence-electron chi connectivity index (χ2n) is 6.78. The molecule has 2 unspecified atom stereocenters. The molecule has 0 spiro atoms. The van der Waals surface area contributed by atoms with Crippen molar-refractivity contribution >= 4 is 43.6 Å². The van der Waals surface area contributed by atoms with Gasteiger partial charge < -0.3 is 4.55 Å². The van der Waals surface area contributed by atoms with Crippen LogP contribution in [0.3, 0.4) is 0 Å². The van der Waals surface area contributed by atoms with Crippen LogP contribution in [0.25, 0.3) is 32.7 Å². The van der Waals surface area contributed by atoms with Gasteiger partial charge in [-0.25, -0.2) is 13.6 Å². The molecular formula is C22H19NO3S2. The Morgan fingerprint density at radius 1 is 0.750 bits per heavy atom. The molecule has 4 nitrogen and oxygen atoms in total. The minimum absolute atomic E-state index is 0.321. The maximum Gasteiger partial charge on any atom is 0.187 e. The zero-order chi connectivity index (χ0) is 20.0. The van der Waals surface area contributed by atoms with E-state index in [1.54, 1.807) is 0 Å². The highest BCUT2D eigenvalue weighted by atomic mass is 32.2. The summed E-state index contributed by atoms with van der Waals surface area (Å²) in [4.78, 5) is 0.808. The quantitative estimate of drug-likeness (QED) is 0.475. The highest BCUT2D eigenvalue weighted by molar-refractivity contribution is 7.83. The highest BCUT2D eigenvalue weighted by Gasteiger charge is 2.24. The van der Waals surface area contributed by atoms with E-state index in [1.165, 1.54) is 0 Å². The molecule has 0 aliphatic heterocycles. The Kier molecular flexibility index (Phi) is 4.89. The Morgan fingerprint density at radius 3 is 1.64 bits per heavy atom. The summed E-state index contributed by atoms with van der Waals surface area (Å²) in [6, 6.07) is 19.3. The molecule has 0 saturated heterocycles. The van der Waals surface area contributed by atoms with Crippen LogP contribution in [0.4, 0.5) is 0 Å². The minimum Gasteiger partial charge on any atom is -0.302 e. The number of nitrogens with two attached hydrogens (primary N) is 1. The molecule has 0 aliphatic carbocycles. The molecule has 6 heteroatoms. The Balaban J connectivity index is 2.34. The Bertz CT molecular complexity index is 1200. The Labute approximate surface area is 168 Å². The number of benzene rings is 4. The third kappa shape index (κ3) is 2.99. The van der Waals surface area contributed by atoms with Crippen LogP contribution in [0.5, 0.6) is 0 Å². The van der Waals surface area contributed by atoms with Crippen LogP contribution in [0.15, 0.2) is 70.5 Å². The van der Waals surface area contributed by atoms with Crippen molar-refractivity contribution in [2.45, 2.75) is 23.6 Å². The molecule has 0 bridgehead atoms. The number of hydrogen-bond acceptors (Lipinski definition) is 2. The van der Waals surface area contributed by atoms with Gasteiger partial charge >= 0.3 is 0 Å². The van der Waals surface area contributed by atoms with Crippen molar-refractivity contribution in [3.8, 4) is 11.1 Å². The number of hydrogen-bond donors (Lipinski definition) is 2. The molecule has 0 heterocycles. The van der Waals surface area contributed by atoms with E-state index >= 15 is 0 Å². The highest BCUT2D eigenvalue weighted by Crippen LogP contribution is 2.43. The molecule has 0 fully saturated rings. The number of fused-ring (bicyclic) bond motifs is 2. The van der Waals surface area contributed by atoms with Crippen molar-refractivity contribution in [3.05, 3.63) is 71.8 Å². The Hall–Kier alpha value is -2.38. The standard InChI is InChI=1S/C22H19NO3S2/c1-13-11-15-7-3-5-9-17(15)19(21(13)27(23)24)20-18-10-6-4-8-16(18)12-14(2)22(20)28(25)26/h3-12H,23H2,1-2H3,(H,25,26). The smallest absolute Gasteiger partial charge is 0.187 e. The van der Waals surface area contributed by atoms with Gasteiger partial charge in [0.1, 0.15) is 11.0 Å². The predicted molar refractivity (Wildman–Crippen MR) is 116 cm³/mol. The van der Waals surface area contributed by atoms with Crippen molar-refractivity contribution in [2.75, 3.05) is 0 Å². The molecule has 0 saturated carbocycles. The summed E-state index contributed by atoms with van der Waals surface area (Å²) in [5, 5.41) is 9.47. The van der Waals surface area contributed by atoms with E-state index in [2.05, 4.69) is 0 Å². The summed E-state index contributed by atoms with van der Waals surface area (Å²) >= 11 is -2.22. The molecule has 3 N–H and O–H groups in total. The van der Waals surface area contributed by atoms with Crippen molar-refractivity contribution in [1.29, 1.82) is 0 Å². The molecule has 0 aliphatic rings. The van der Waals surface area contributed by atoms with Crippen LogP contribution >= 0.6 is 0 Å². The SMILES string of the molecule is Cc1cc2ccccc2c(-c2c(S(=O)O)c(C)cc3ccccc23)c1S(N)=O. The lowest BCUT2D eigenvalue weighted by Crippen LogP contribution is -2.09. The third-order valence-electron chi connectivity index (χ3n) is 5.00. The second-order valence-corrected chi connectivity index (χ2v) is 8.69. The molecule has 4 aromatic carbocycles. The molecule has 142 valence electrons. The first-order chi connectivity index (χ1) is 13.4. The molecule has 4 rings (SSSR count). The van der Waals surface area contributed by atoms with Crippen LogP contribution < -0.4 is 5.14 Å². The summed E-state index contributed by atoms with van der Waals surface area (Å²) < 4.78 is 35.1. The maximum absolute atomic E-state index is 12.6. The van der Waals surface area contributed by atoms with Gasteiger partial charge in [-0.1, -0.05) is 60.7 Å². The van der Waals surface area contributed by atoms with Gasteiger partial charge in [-0.2, -0.15) is 0 Å². The number of rotatable bonds is 3. The van der Waals surface area contributed by atoms with Crippen molar-refractivity contribution in [2.24, 2.45) is 5.14 Å². The van der Waals surface area contributed by atoms with Gasteiger partial charge in [0.2, 0.25) is 0 Å². The predicted octanol–water partition coefficient (Wildman–Crippen LogP) is 4.84. The van der Waals surface area contributed by atoms with E-state index in [9.17, 15) is 13.0 Å². The third-order valence-corrected chi connectivity index (χ3v) is 6.80. The molecule has 4 aromatic rings. The average Bonchev–Trinajstić information content (AvgIpc) is 2.65. The molecule has 0 radical (unpaired) electrons.